The molecule has 1 heterocycles. The Morgan fingerprint density at radius 1 is 0.971 bits per heavy atom. The van der Waals surface area contributed by atoms with Crippen LogP contribution in [0.5, 0.6) is 0 Å². The molecule has 184 valence electrons. The van der Waals surface area contributed by atoms with Crippen molar-refractivity contribution in [2.75, 3.05) is 11.4 Å². The van der Waals surface area contributed by atoms with Crippen molar-refractivity contribution in [1.82, 2.24) is 4.57 Å². The lowest BCUT2D eigenvalue weighted by molar-refractivity contribution is -0.143. The summed E-state index contributed by atoms with van der Waals surface area (Å²) in [4.78, 5) is 40.0. The van der Waals surface area contributed by atoms with Crippen LogP contribution in [0.3, 0.4) is 0 Å². The largest absolute Gasteiger partial charge is 0.481 e. The zero-order valence-electron chi connectivity index (χ0n) is 20.6. The van der Waals surface area contributed by atoms with Gasteiger partial charge in [-0.05, 0) is 74.8 Å². The lowest BCUT2D eigenvalue weighted by atomic mass is 9.79. The Balaban J connectivity index is 1.57. The average molecular weight is 475 g/mol. The summed E-state index contributed by atoms with van der Waals surface area (Å²) in [5.74, 6) is -0.888. The van der Waals surface area contributed by atoms with Gasteiger partial charge in [0, 0.05) is 29.6 Å². The number of hydrogen-bond acceptors (Lipinski definition) is 3. The van der Waals surface area contributed by atoms with Crippen LogP contribution in [0, 0.1) is 11.8 Å². The Labute approximate surface area is 206 Å². The van der Waals surface area contributed by atoms with Gasteiger partial charge in [-0.2, -0.15) is 0 Å². The minimum absolute atomic E-state index is 0.0174. The maximum absolute atomic E-state index is 13.5. The van der Waals surface area contributed by atoms with Crippen LogP contribution in [0.1, 0.15) is 62.0 Å². The number of fused-ring (bicyclic) bond motifs is 1. The number of hydrogen-bond donors (Lipinski definition) is 1. The number of aliphatic carboxylic acids is 1. The number of likely N-dealkylation sites (N-methyl/N-ethyl adjacent to an activating group) is 1. The number of ketones is 1. The second-order valence-electron chi connectivity index (χ2n) is 9.52. The highest BCUT2D eigenvalue weighted by molar-refractivity contribution is 6.02. The molecule has 1 aliphatic carbocycles. The standard InChI is InChI=1S/C29H34N2O4/c1-3-20-8-7-10-24(16-20)30(4-2)28(33)19-31-25-11-6-5-9-23(25)18-26(31)27(32)17-21-12-14-22(15-13-21)29(34)35/h5-11,16,18,21-22H,3-4,12-15,17,19H2,1-2H3,(H,34,35). The third kappa shape index (κ3) is 5.47. The maximum Gasteiger partial charge on any atom is 0.306 e. The number of anilines is 1. The lowest BCUT2D eigenvalue weighted by Gasteiger charge is -2.26. The van der Waals surface area contributed by atoms with Crippen molar-refractivity contribution in [1.29, 1.82) is 0 Å². The van der Waals surface area contributed by atoms with Gasteiger partial charge in [0.25, 0.3) is 0 Å². The second-order valence-corrected chi connectivity index (χ2v) is 9.52. The van der Waals surface area contributed by atoms with Gasteiger partial charge in [0.15, 0.2) is 5.78 Å². The van der Waals surface area contributed by atoms with Crippen LogP contribution < -0.4 is 4.90 Å². The molecule has 0 unspecified atom stereocenters. The van der Waals surface area contributed by atoms with E-state index >= 15 is 0 Å². The van der Waals surface area contributed by atoms with Gasteiger partial charge in [-0.15, -0.1) is 0 Å². The van der Waals surface area contributed by atoms with Crippen molar-refractivity contribution in [3.63, 3.8) is 0 Å². The first-order chi connectivity index (χ1) is 16.9. The number of carboxylic acids is 1. The summed E-state index contributed by atoms with van der Waals surface area (Å²) in [6.45, 7) is 4.69. The number of rotatable bonds is 9. The summed E-state index contributed by atoms with van der Waals surface area (Å²) in [6, 6.07) is 17.7. The van der Waals surface area contributed by atoms with Crippen LogP contribution in [0.15, 0.2) is 54.6 Å². The van der Waals surface area contributed by atoms with Crippen LogP contribution in [0.2, 0.25) is 0 Å². The van der Waals surface area contributed by atoms with Crippen molar-refractivity contribution < 1.29 is 19.5 Å². The quantitative estimate of drug-likeness (QED) is 0.402. The second kappa shape index (κ2) is 10.9. The number of para-hydroxylation sites is 1. The first-order valence-electron chi connectivity index (χ1n) is 12.6. The van der Waals surface area contributed by atoms with Crippen LogP contribution in [-0.4, -0.2) is 33.9 Å². The third-order valence-electron chi connectivity index (χ3n) is 7.31. The Hall–Kier alpha value is -3.41. The smallest absolute Gasteiger partial charge is 0.306 e. The van der Waals surface area contributed by atoms with E-state index in [9.17, 15) is 19.5 Å². The van der Waals surface area contributed by atoms with E-state index in [1.807, 2.05) is 54.0 Å². The fourth-order valence-corrected chi connectivity index (χ4v) is 5.26. The molecule has 0 radical (unpaired) electrons. The van der Waals surface area contributed by atoms with Gasteiger partial charge < -0.3 is 14.6 Å². The highest BCUT2D eigenvalue weighted by Crippen LogP contribution is 2.32. The molecule has 1 saturated carbocycles. The highest BCUT2D eigenvalue weighted by atomic mass is 16.4. The molecule has 1 N–H and O–H groups in total. The molecule has 1 fully saturated rings. The molecule has 2 aromatic carbocycles. The minimum Gasteiger partial charge on any atom is -0.481 e. The van der Waals surface area contributed by atoms with Crippen LogP contribution >= 0.6 is 0 Å². The van der Waals surface area contributed by atoms with Crippen molar-refractivity contribution >= 4 is 34.3 Å². The normalized spacial score (nSPS) is 17.9. The van der Waals surface area contributed by atoms with E-state index in [0.29, 0.717) is 31.5 Å². The number of nitrogens with zero attached hydrogens (tertiary/aromatic N) is 2. The molecule has 1 aliphatic rings. The number of carbonyl (C=O) groups excluding carboxylic acids is 2. The Morgan fingerprint density at radius 3 is 2.40 bits per heavy atom. The van der Waals surface area contributed by atoms with Crippen LogP contribution in [-0.2, 0) is 22.6 Å². The van der Waals surface area contributed by atoms with Crippen LogP contribution in [0.4, 0.5) is 5.69 Å². The number of carboxylic acid groups (broad SMARTS) is 1. The molecule has 3 aromatic rings. The van der Waals surface area contributed by atoms with Gasteiger partial charge in [0.05, 0.1) is 11.6 Å². The number of aryl methyl sites for hydroxylation is 1. The predicted molar refractivity (Wildman–Crippen MR) is 138 cm³/mol. The average Bonchev–Trinajstić information content (AvgIpc) is 3.23. The SMILES string of the molecule is CCc1cccc(N(CC)C(=O)Cn2c(C(=O)CC3CCC(C(=O)O)CC3)cc3ccccc32)c1. The van der Waals surface area contributed by atoms with E-state index in [-0.39, 0.29) is 30.1 Å². The van der Waals surface area contributed by atoms with E-state index < -0.39 is 5.97 Å². The molecule has 35 heavy (non-hydrogen) atoms. The number of Topliss-reactive ketones (excluding diaryl/α,β-unsaturated/α-hetero) is 1. The van der Waals surface area contributed by atoms with Gasteiger partial charge >= 0.3 is 5.97 Å². The fraction of sp³-hybridized carbons (Fsp3) is 0.414. The molecule has 1 aromatic heterocycles. The molecule has 0 atom stereocenters. The first kappa shape index (κ1) is 24.7. The Morgan fingerprint density at radius 2 is 1.71 bits per heavy atom. The minimum atomic E-state index is -0.738. The molecule has 6 nitrogen and oxygen atoms in total. The third-order valence-corrected chi connectivity index (χ3v) is 7.31. The molecule has 1 amide bonds. The van der Waals surface area contributed by atoms with E-state index in [0.717, 1.165) is 35.9 Å². The molecule has 0 saturated heterocycles. The lowest BCUT2D eigenvalue weighted by Crippen LogP contribution is -2.34. The molecule has 0 spiro atoms. The monoisotopic (exact) mass is 474 g/mol. The van der Waals surface area contributed by atoms with Gasteiger partial charge in [-0.1, -0.05) is 37.3 Å². The molecule has 4 rings (SSSR count). The van der Waals surface area contributed by atoms with Gasteiger partial charge in [0.2, 0.25) is 5.91 Å². The summed E-state index contributed by atoms with van der Waals surface area (Å²) in [7, 11) is 0. The molecular weight excluding hydrogens is 440 g/mol. The highest BCUT2D eigenvalue weighted by Gasteiger charge is 2.29. The number of benzene rings is 2. The zero-order chi connectivity index (χ0) is 24.9. The predicted octanol–water partition coefficient (Wildman–Crippen LogP) is 5.72. The van der Waals surface area contributed by atoms with Gasteiger partial charge in [-0.3, -0.25) is 14.4 Å². The van der Waals surface area contributed by atoms with Crippen molar-refractivity contribution in [2.45, 2.75) is 58.9 Å². The molecule has 0 aliphatic heterocycles. The summed E-state index contributed by atoms with van der Waals surface area (Å²) < 4.78 is 1.86. The molecular formula is C29H34N2O4. The van der Waals surface area contributed by atoms with E-state index in [1.54, 1.807) is 4.90 Å². The van der Waals surface area contributed by atoms with Gasteiger partial charge in [-0.25, -0.2) is 0 Å². The summed E-state index contributed by atoms with van der Waals surface area (Å²) in [5, 5.41) is 10.2. The van der Waals surface area contributed by atoms with E-state index in [2.05, 4.69) is 19.1 Å². The molecule has 0 bridgehead atoms. The fourth-order valence-electron chi connectivity index (χ4n) is 5.26. The molecule has 6 heteroatoms. The van der Waals surface area contributed by atoms with E-state index in [1.165, 1.54) is 5.56 Å². The van der Waals surface area contributed by atoms with Gasteiger partial charge in [0.1, 0.15) is 6.54 Å². The first-order valence-corrected chi connectivity index (χ1v) is 12.6. The van der Waals surface area contributed by atoms with Crippen LogP contribution in [0.25, 0.3) is 10.9 Å². The Kier molecular flexibility index (Phi) is 7.69. The maximum atomic E-state index is 13.5. The number of carbonyl (C=O) groups is 3. The zero-order valence-corrected chi connectivity index (χ0v) is 20.6. The number of aromatic nitrogens is 1. The summed E-state index contributed by atoms with van der Waals surface area (Å²) >= 11 is 0. The van der Waals surface area contributed by atoms with Crippen molar-refractivity contribution in [3.8, 4) is 0 Å². The topological polar surface area (TPSA) is 79.6 Å². The van der Waals surface area contributed by atoms with Crippen molar-refractivity contribution in [2.24, 2.45) is 11.8 Å². The van der Waals surface area contributed by atoms with Crippen molar-refractivity contribution in [3.05, 3.63) is 65.9 Å². The van der Waals surface area contributed by atoms with E-state index in [4.69, 9.17) is 0 Å². The summed E-state index contributed by atoms with van der Waals surface area (Å²) in [6.07, 6.45) is 4.02. The summed E-state index contributed by atoms with van der Waals surface area (Å²) in [5.41, 5.74) is 3.47. The number of amides is 1. The Bertz CT molecular complexity index is 1220.